The van der Waals surface area contributed by atoms with Gasteiger partial charge in [0.15, 0.2) is 0 Å². The Morgan fingerprint density at radius 3 is 2.32 bits per heavy atom. The molecule has 2 aromatic rings. The lowest BCUT2D eigenvalue weighted by atomic mass is 9.73. The fraction of sp³-hybridized carbons (Fsp3) is 0.235. The highest BCUT2D eigenvalue weighted by Crippen LogP contribution is 2.55. The van der Waals surface area contributed by atoms with E-state index in [1.54, 1.807) is 0 Å². The van der Waals surface area contributed by atoms with E-state index >= 15 is 0 Å². The van der Waals surface area contributed by atoms with Crippen LogP contribution < -0.4 is 0 Å². The van der Waals surface area contributed by atoms with E-state index in [1.807, 2.05) is 24.3 Å². The molecule has 0 aliphatic heterocycles. The molecule has 0 fully saturated rings. The highest BCUT2D eigenvalue weighted by Gasteiger charge is 2.48. The summed E-state index contributed by atoms with van der Waals surface area (Å²) < 4.78 is 0. The van der Waals surface area contributed by atoms with Crippen LogP contribution >= 0.6 is 0 Å². The first-order valence-electron chi connectivity index (χ1n) is 6.67. The highest BCUT2D eigenvalue weighted by molar-refractivity contribution is 5.77. The molecule has 3 atom stereocenters. The number of carboxylic acid groups (broad SMARTS) is 1. The Balaban J connectivity index is 2.00. The van der Waals surface area contributed by atoms with Crippen LogP contribution in [-0.4, -0.2) is 11.1 Å². The summed E-state index contributed by atoms with van der Waals surface area (Å²) >= 11 is 0. The number of carboxylic acids is 1. The largest absolute Gasteiger partial charge is 0.481 e. The first-order valence-corrected chi connectivity index (χ1v) is 6.67. The van der Waals surface area contributed by atoms with Crippen molar-refractivity contribution in [3.05, 3.63) is 70.8 Å². The minimum atomic E-state index is -0.666. The van der Waals surface area contributed by atoms with Gasteiger partial charge in [0, 0.05) is 11.8 Å². The first-order chi connectivity index (χ1) is 9.27. The molecular formula is C17H14O2. The SMILES string of the molecule is O=C(O)C1C2Cc3ccccc3C1c1ccccc12. The van der Waals surface area contributed by atoms with Gasteiger partial charge in [0.25, 0.3) is 0 Å². The lowest BCUT2D eigenvalue weighted by molar-refractivity contribution is -0.142. The fourth-order valence-corrected chi connectivity index (χ4v) is 3.92. The average Bonchev–Trinajstić information content (AvgIpc) is 2.68. The molecule has 1 N–H and O–H groups in total. The Morgan fingerprint density at radius 2 is 1.58 bits per heavy atom. The van der Waals surface area contributed by atoms with E-state index in [1.165, 1.54) is 22.3 Å². The lowest BCUT2D eigenvalue weighted by Gasteiger charge is -2.29. The van der Waals surface area contributed by atoms with Crippen molar-refractivity contribution in [1.29, 1.82) is 0 Å². The molecule has 2 heteroatoms. The van der Waals surface area contributed by atoms with Crippen LogP contribution in [-0.2, 0) is 11.2 Å². The van der Waals surface area contributed by atoms with Crippen molar-refractivity contribution >= 4 is 5.97 Å². The van der Waals surface area contributed by atoms with Gasteiger partial charge in [-0.1, -0.05) is 48.5 Å². The van der Waals surface area contributed by atoms with Crippen molar-refractivity contribution in [3.63, 3.8) is 0 Å². The second kappa shape index (κ2) is 3.70. The molecule has 2 aliphatic rings. The summed E-state index contributed by atoms with van der Waals surface area (Å²) in [5, 5.41) is 9.62. The number of hydrogen-bond donors (Lipinski definition) is 1. The van der Waals surface area contributed by atoms with Crippen LogP contribution in [0.25, 0.3) is 0 Å². The van der Waals surface area contributed by atoms with Gasteiger partial charge in [-0.15, -0.1) is 0 Å². The molecule has 2 bridgehead atoms. The zero-order chi connectivity index (χ0) is 13.0. The molecule has 0 saturated heterocycles. The molecule has 4 rings (SSSR count). The molecule has 0 saturated carbocycles. The summed E-state index contributed by atoms with van der Waals surface area (Å²) in [6, 6.07) is 16.5. The summed E-state index contributed by atoms with van der Waals surface area (Å²) in [6.07, 6.45) is 0.848. The zero-order valence-corrected chi connectivity index (χ0v) is 10.4. The normalized spacial score (nSPS) is 26.6. The Hall–Kier alpha value is -2.09. The molecule has 3 unspecified atom stereocenters. The second-order valence-electron chi connectivity index (χ2n) is 5.48. The van der Waals surface area contributed by atoms with Gasteiger partial charge in [-0.05, 0) is 28.7 Å². The van der Waals surface area contributed by atoms with Crippen molar-refractivity contribution in [2.75, 3.05) is 0 Å². The van der Waals surface area contributed by atoms with Crippen molar-refractivity contribution in [2.45, 2.75) is 18.3 Å². The summed E-state index contributed by atoms with van der Waals surface area (Å²) in [6.45, 7) is 0. The van der Waals surface area contributed by atoms with Gasteiger partial charge in [-0.3, -0.25) is 4.79 Å². The molecular weight excluding hydrogens is 236 g/mol. The smallest absolute Gasteiger partial charge is 0.308 e. The van der Waals surface area contributed by atoms with E-state index in [0.29, 0.717) is 0 Å². The van der Waals surface area contributed by atoms with Crippen LogP contribution in [0.5, 0.6) is 0 Å². The number of fused-ring (bicyclic) bond motifs is 7. The van der Waals surface area contributed by atoms with Crippen molar-refractivity contribution < 1.29 is 9.90 Å². The Labute approximate surface area is 111 Å². The summed E-state index contributed by atoms with van der Waals surface area (Å²) in [4.78, 5) is 11.7. The Morgan fingerprint density at radius 1 is 0.947 bits per heavy atom. The van der Waals surface area contributed by atoms with Crippen LogP contribution in [0.1, 0.15) is 34.1 Å². The maximum absolute atomic E-state index is 11.7. The summed E-state index contributed by atoms with van der Waals surface area (Å²) in [7, 11) is 0. The van der Waals surface area contributed by atoms with Crippen LogP contribution in [0.15, 0.2) is 48.5 Å². The summed E-state index contributed by atoms with van der Waals surface area (Å²) in [5.41, 5.74) is 4.96. The van der Waals surface area contributed by atoms with E-state index < -0.39 is 5.97 Å². The standard InChI is InChI=1S/C17H14O2/c18-17(19)16-14-9-10-5-1-2-6-11(10)15(16)13-8-4-3-7-12(13)14/h1-8,14-16H,9H2,(H,18,19). The number of rotatable bonds is 1. The van der Waals surface area contributed by atoms with Gasteiger partial charge < -0.3 is 5.11 Å². The van der Waals surface area contributed by atoms with E-state index in [4.69, 9.17) is 0 Å². The maximum atomic E-state index is 11.7. The predicted molar refractivity (Wildman–Crippen MR) is 72.3 cm³/mol. The van der Waals surface area contributed by atoms with Gasteiger partial charge in [0.2, 0.25) is 0 Å². The third kappa shape index (κ3) is 1.34. The van der Waals surface area contributed by atoms with Gasteiger partial charge in [-0.2, -0.15) is 0 Å². The molecule has 2 nitrogen and oxygen atoms in total. The molecule has 19 heavy (non-hydrogen) atoms. The van der Waals surface area contributed by atoms with Crippen molar-refractivity contribution in [3.8, 4) is 0 Å². The molecule has 2 aromatic carbocycles. The molecule has 2 aliphatic carbocycles. The van der Waals surface area contributed by atoms with Crippen LogP contribution in [0.2, 0.25) is 0 Å². The average molecular weight is 250 g/mol. The van der Waals surface area contributed by atoms with Crippen molar-refractivity contribution in [2.24, 2.45) is 5.92 Å². The topological polar surface area (TPSA) is 37.3 Å². The zero-order valence-electron chi connectivity index (χ0n) is 10.4. The molecule has 94 valence electrons. The predicted octanol–water partition coefficient (Wildman–Crippen LogP) is 3.17. The molecule has 0 amide bonds. The van der Waals surface area contributed by atoms with Crippen molar-refractivity contribution in [1.82, 2.24) is 0 Å². The maximum Gasteiger partial charge on any atom is 0.308 e. The van der Waals surface area contributed by atoms with E-state index in [2.05, 4.69) is 24.3 Å². The summed E-state index contributed by atoms with van der Waals surface area (Å²) in [5.74, 6) is -0.801. The van der Waals surface area contributed by atoms with Crippen LogP contribution in [0.4, 0.5) is 0 Å². The molecule has 0 aromatic heterocycles. The third-order valence-corrected chi connectivity index (χ3v) is 4.64. The third-order valence-electron chi connectivity index (χ3n) is 4.64. The van der Waals surface area contributed by atoms with Gasteiger partial charge in [0.1, 0.15) is 0 Å². The number of hydrogen-bond acceptors (Lipinski definition) is 1. The minimum Gasteiger partial charge on any atom is -0.481 e. The van der Waals surface area contributed by atoms with E-state index in [-0.39, 0.29) is 17.8 Å². The second-order valence-corrected chi connectivity index (χ2v) is 5.48. The number of carbonyl (C=O) groups is 1. The quantitative estimate of drug-likeness (QED) is 0.844. The van der Waals surface area contributed by atoms with E-state index in [9.17, 15) is 9.90 Å². The lowest BCUT2D eigenvalue weighted by Crippen LogP contribution is -2.28. The number of aliphatic carboxylic acids is 1. The van der Waals surface area contributed by atoms with Crippen LogP contribution in [0.3, 0.4) is 0 Å². The molecule has 0 radical (unpaired) electrons. The van der Waals surface area contributed by atoms with Gasteiger partial charge >= 0.3 is 5.97 Å². The Kier molecular flexibility index (Phi) is 2.10. The van der Waals surface area contributed by atoms with Crippen LogP contribution in [0, 0.1) is 5.92 Å². The fourth-order valence-electron chi connectivity index (χ4n) is 3.92. The van der Waals surface area contributed by atoms with Gasteiger partial charge in [0.05, 0.1) is 5.92 Å². The highest BCUT2D eigenvalue weighted by atomic mass is 16.4. The van der Waals surface area contributed by atoms with Gasteiger partial charge in [-0.25, -0.2) is 0 Å². The number of benzene rings is 2. The first kappa shape index (κ1) is 10.8. The molecule has 0 heterocycles. The Bertz CT molecular complexity index is 663. The molecule has 0 spiro atoms. The monoisotopic (exact) mass is 250 g/mol. The minimum absolute atomic E-state index is 0.0312. The van der Waals surface area contributed by atoms with E-state index in [0.717, 1.165) is 6.42 Å².